The van der Waals surface area contributed by atoms with Crippen molar-refractivity contribution in [1.82, 2.24) is 0 Å². The Morgan fingerprint density at radius 1 is 0.750 bits per heavy atom. The number of hydrogen-bond donors (Lipinski definition) is 0. The molecule has 0 N–H and O–H groups in total. The maximum Gasteiger partial charge on any atom is 0 e. The summed E-state index contributed by atoms with van der Waals surface area (Å²) in [7, 11) is 0. The molecular formula is C10H6Y2-2. The molecule has 2 rings (SSSR count). The normalized spacial score (nSPS) is 8.33. The van der Waals surface area contributed by atoms with Crippen molar-refractivity contribution in [2.75, 3.05) is 0 Å². The molecule has 0 nitrogen and oxygen atoms in total. The second kappa shape index (κ2) is 6.37. The maximum absolute atomic E-state index is 3.12. The first-order valence-electron chi connectivity index (χ1n) is 3.24. The van der Waals surface area contributed by atoms with Crippen LogP contribution in [0.25, 0.3) is 10.8 Å². The Bertz CT molecular complexity index is 279. The molecule has 0 spiro atoms. The van der Waals surface area contributed by atoms with E-state index in [1.54, 1.807) is 0 Å². The van der Waals surface area contributed by atoms with E-state index in [0.717, 1.165) is 10.8 Å². The molecule has 2 aromatic carbocycles. The molecule has 54 valence electrons. The Morgan fingerprint density at radius 3 is 1.58 bits per heavy atom. The van der Waals surface area contributed by atoms with Gasteiger partial charge in [-0.05, 0) is 0 Å². The van der Waals surface area contributed by atoms with Crippen LogP contribution in [0.2, 0.25) is 0 Å². The molecule has 0 fully saturated rings. The average molecular weight is 304 g/mol. The summed E-state index contributed by atoms with van der Waals surface area (Å²) in [5.74, 6) is 0. The van der Waals surface area contributed by atoms with E-state index in [4.69, 9.17) is 0 Å². The van der Waals surface area contributed by atoms with Crippen LogP contribution in [0.4, 0.5) is 0 Å². The van der Waals surface area contributed by atoms with Crippen molar-refractivity contribution in [2.24, 2.45) is 0 Å². The van der Waals surface area contributed by atoms with Gasteiger partial charge in [-0.25, -0.2) is 22.9 Å². The first-order chi connectivity index (χ1) is 4.97. The van der Waals surface area contributed by atoms with E-state index in [-0.39, 0.29) is 65.4 Å². The minimum atomic E-state index is 0. The predicted molar refractivity (Wildman–Crippen MR) is 41.6 cm³/mol. The van der Waals surface area contributed by atoms with E-state index >= 15 is 0 Å². The van der Waals surface area contributed by atoms with Gasteiger partial charge in [-0.1, -0.05) is 0 Å². The third kappa shape index (κ3) is 3.00. The Hall–Kier alpha value is 0.908. The van der Waals surface area contributed by atoms with Crippen LogP contribution in [0.5, 0.6) is 0 Å². The van der Waals surface area contributed by atoms with Gasteiger partial charge in [0.25, 0.3) is 0 Å². The number of fused-ring (bicyclic) bond motifs is 1. The zero-order valence-electron chi connectivity index (χ0n) is 6.62. The monoisotopic (exact) mass is 304 g/mol. The fourth-order valence-corrected chi connectivity index (χ4v) is 0.996. The quantitative estimate of drug-likeness (QED) is 0.656. The van der Waals surface area contributed by atoms with Gasteiger partial charge in [-0.15, -0.1) is 0 Å². The Morgan fingerprint density at radius 2 is 1.17 bits per heavy atom. The topological polar surface area (TPSA) is 0 Å². The number of rotatable bonds is 0. The van der Waals surface area contributed by atoms with Gasteiger partial charge in [-0.3, -0.25) is 0 Å². The van der Waals surface area contributed by atoms with E-state index in [1.807, 2.05) is 36.4 Å². The van der Waals surface area contributed by atoms with Gasteiger partial charge < -0.3 is 0 Å². The minimum Gasteiger partial charge on any atom is -0.235 e. The summed E-state index contributed by atoms with van der Waals surface area (Å²) in [6.07, 6.45) is 0. The fraction of sp³-hybridized carbons (Fsp3) is 0. The molecule has 0 aliphatic heterocycles. The summed E-state index contributed by atoms with van der Waals surface area (Å²) in [5.41, 5.74) is 0. The van der Waals surface area contributed by atoms with Crippen molar-refractivity contribution in [2.45, 2.75) is 0 Å². The van der Waals surface area contributed by atoms with E-state index in [1.165, 1.54) is 0 Å². The van der Waals surface area contributed by atoms with Gasteiger partial charge in [0, 0.05) is 65.4 Å². The number of benzene rings is 2. The van der Waals surface area contributed by atoms with E-state index in [0.29, 0.717) is 0 Å². The second-order valence-electron chi connectivity index (χ2n) is 2.17. The van der Waals surface area contributed by atoms with E-state index in [9.17, 15) is 0 Å². The van der Waals surface area contributed by atoms with Crippen molar-refractivity contribution < 1.29 is 65.4 Å². The van der Waals surface area contributed by atoms with Crippen LogP contribution in [-0.2, 0) is 65.4 Å². The minimum absolute atomic E-state index is 0. The SMILES string of the molecule is [Y].[Y].[c-]1cccc2[c-]cccc12. The van der Waals surface area contributed by atoms with Crippen LogP contribution >= 0.6 is 0 Å². The smallest absolute Gasteiger partial charge is 0 e. The predicted octanol–water partition coefficient (Wildman–Crippen LogP) is 2.44. The molecule has 0 bridgehead atoms. The summed E-state index contributed by atoms with van der Waals surface area (Å²) < 4.78 is 0. The van der Waals surface area contributed by atoms with Crippen molar-refractivity contribution >= 4 is 10.8 Å². The van der Waals surface area contributed by atoms with Gasteiger partial charge in [0.2, 0.25) is 0 Å². The van der Waals surface area contributed by atoms with Crippen LogP contribution in [-0.4, -0.2) is 0 Å². The maximum atomic E-state index is 3.12. The van der Waals surface area contributed by atoms with Crippen molar-refractivity contribution in [3.05, 3.63) is 48.5 Å². The molecule has 0 saturated heterocycles. The second-order valence-corrected chi connectivity index (χ2v) is 2.17. The van der Waals surface area contributed by atoms with Crippen molar-refractivity contribution in [3.63, 3.8) is 0 Å². The third-order valence-electron chi connectivity index (χ3n) is 1.49. The molecular weight excluding hydrogens is 298 g/mol. The first-order valence-corrected chi connectivity index (χ1v) is 3.24. The molecule has 2 radical (unpaired) electrons. The molecule has 2 aromatic rings. The van der Waals surface area contributed by atoms with Crippen molar-refractivity contribution in [3.8, 4) is 0 Å². The zero-order valence-corrected chi connectivity index (χ0v) is 12.3. The van der Waals surface area contributed by atoms with Crippen LogP contribution in [0.15, 0.2) is 36.4 Å². The Balaban J connectivity index is 0.000000605. The zero-order chi connectivity index (χ0) is 6.81. The van der Waals surface area contributed by atoms with Gasteiger partial charge in [0.15, 0.2) is 0 Å². The molecule has 2 heteroatoms. The summed E-state index contributed by atoms with van der Waals surface area (Å²) >= 11 is 0. The van der Waals surface area contributed by atoms with Gasteiger partial charge >= 0.3 is 0 Å². The summed E-state index contributed by atoms with van der Waals surface area (Å²) in [6.45, 7) is 0. The fourth-order valence-electron chi connectivity index (χ4n) is 0.996. The summed E-state index contributed by atoms with van der Waals surface area (Å²) in [4.78, 5) is 0. The molecule has 0 amide bonds. The molecule has 0 aliphatic carbocycles. The van der Waals surface area contributed by atoms with Gasteiger partial charge in [-0.2, -0.15) is 36.4 Å². The van der Waals surface area contributed by atoms with Crippen LogP contribution in [0.1, 0.15) is 0 Å². The van der Waals surface area contributed by atoms with Crippen LogP contribution < -0.4 is 0 Å². The van der Waals surface area contributed by atoms with Gasteiger partial charge in [0.05, 0.1) is 0 Å². The van der Waals surface area contributed by atoms with Crippen LogP contribution in [0.3, 0.4) is 0 Å². The first kappa shape index (κ1) is 12.9. The number of hydrogen-bond acceptors (Lipinski definition) is 0. The third-order valence-corrected chi connectivity index (χ3v) is 1.49. The molecule has 0 heterocycles. The van der Waals surface area contributed by atoms with E-state index < -0.39 is 0 Å². The van der Waals surface area contributed by atoms with Crippen molar-refractivity contribution in [1.29, 1.82) is 0 Å². The summed E-state index contributed by atoms with van der Waals surface area (Å²) in [6, 6.07) is 18.1. The Labute approximate surface area is 123 Å². The van der Waals surface area contributed by atoms with E-state index in [2.05, 4.69) is 12.1 Å². The molecule has 0 saturated carbocycles. The average Bonchev–Trinajstić information content (AvgIpc) is 2.05. The largest absolute Gasteiger partial charge is 0.235 e. The van der Waals surface area contributed by atoms with Crippen LogP contribution in [0, 0.1) is 12.1 Å². The molecule has 0 unspecified atom stereocenters. The van der Waals surface area contributed by atoms with Gasteiger partial charge in [0.1, 0.15) is 0 Å². The molecule has 0 aromatic heterocycles. The standard InChI is InChI=1S/C10H6.2Y/c1-2-6-10-8-4-3-7-9(10)5-1;;/h1-5,8H;;/q-2;;. The molecule has 12 heavy (non-hydrogen) atoms. The molecule has 0 aliphatic rings. The summed E-state index contributed by atoms with van der Waals surface area (Å²) in [5, 5.41) is 2.26. The molecule has 0 atom stereocenters. The Kier molecular flexibility index (Phi) is 6.86.